The number of piperidine rings is 1. The highest BCUT2D eigenvalue weighted by Gasteiger charge is 2.13. The predicted octanol–water partition coefficient (Wildman–Crippen LogP) is 2.29. The van der Waals surface area contributed by atoms with E-state index in [2.05, 4.69) is 16.3 Å². The van der Waals surface area contributed by atoms with Gasteiger partial charge in [0.25, 0.3) is 5.69 Å². The van der Waals surface area contributed by atoms with Crippen molar-refractivity contribution in [3.8, 4) is 0 Å². The average Bonchev–Trinajstić information content (AvgIpc) is 2.40. The molecule has 18 heavy (non-hydrogen) atoms. The average molecular weight is 248 g/mol. The van der Waals surface area contributed by atoms with Gasteiger partial charge < -0.3 is 10.2 Å². The maximum Gasteiger partial charge on any atom is 0.292 e. The first kappa shape index (κ1) is 12.8. The van der Waals surface area contributed by atoms with E-state index in [0.29, 0.717) is 5.69 Å². The third kappa shape index (κ3) is 3.43. The lowest BCUT2D eigenvalue weighted by Gasteiger charge is -2.26. The molecule has 1 saturated heterocycles. The Morgan fingerprint density at radius 2 is 2.17 bits per heavy atom. The highest BCUT2D eigenvalue weighted by Crippen LogP contribution is 2.22. The molecule has 5 heteroatoms. The molecule has 0 saturated carbocycles. The number of nitro benzene ring substituents is 1. The van der Waals surface area contributed by atoms with Gasteiger partial charge in [0.2, 0.25) is 0 Å². The molecule has 1 aromatic rings. The molecule has 1 aliphatic rings. The van der Waals surface area contributed by atoms with Crippen LogP contribution >= 0.6 is 0 Å². The van der Waals surface area contributed by atoms with Crippen molar-refractivity contribution in [3.05, 3.63) is 34.4 Å². The highest BCUT2D eigenvalue weighted by molar-refractivity contribution is 5.60. The van der Waals surface area contributed by atoms with Crippen LogP contribution < -0.4 is 5.32 Å². The molecule has 0 amide bonds. The summed E-state index contributed by atoms with van der Waals surface area (Å²) in [7, 11) is 0. The Balaban J connectivity index is 1.84. The van der Waals surface area contributed by atoms with Crippen LogP contribution in [0.3, 0.4) is 0 Å². The van der Waals surface area contributed by atoms with Crippen LogP contribution in [-0.2, 0) is 0 Å². The summed E-state index contributed by atoms with van der Waals surface area (Å²) in [5.41, 5.74) is 0.673. The minimum atomic E-state index is -0.375. The van der Waals surface area contributed by atoms with Crippen LogP contribution in [0.1, 0.15) is 19.3 Å². The van der Waals surface area contributed by atoms with E-state index in [1.165, 1.54) is 25.3 Å². The monoisotopic (exact) mass is 248 g/mol. The molecule has 97 valence electrons. The molecule has 0 aliphatic carbocycles. The van der Waals surface area contributed by atoms with E-state index in [0.717, 1.165) is 26.2 Å². The Labute approximate surface area is 107 Å². The number of hydrogen-bond donors (Lipinski definition) is 1. The second kappa shape index (κ2) is 6.35. The van der Waals surface area contributed by atoms with Gasteiger partial charge in [-0.15, -0.1) is 0 Å². The van der Waals surface area contributed by atoms with Gasteiger partial charge >= 0.3 is 0 Å². The number of anilines is 1. The zero-order valence-electron chi connectivity index (χ0n) is 10.4. The smallest absolute Gasteiger partial charge is 0.292 e. The first-order valence-electron chi connectivity index (χ1n) is 6.38. The summed E-state index contributed by atoms with van der Waals surface area (Å²) in [5, 5.41) is 14.0. The maximum absolute atomic E-state index is 10.8. The van der Waals surface area contributed by atoms with E-state index >= 15 is 0 Å². The molecule has 2 rings (SSSR count). The molecule has 1 aromatic carbocycles. The van der Waals surface area contributed by atoms with Gasteiger partial charge in [-0.2, -0.15) is 0 Å². The second-order valence-electron chi connectivity index (χ2n) is 4.53. The van der Waals surface area contributed by atoms with Crippen LogP contribution in [0, 0.1) is 16.2 Å². The lowest BCUT2D eigenvalue weighted by atomic mass is 10.1. The van der Waals surface area contributed by atoms with Gasteiger partial charge in [0.15, 0.2) is 0 Å². The molecule has 1 aliphatic heterocycles. The Morgan fingerprint density at radius 3 is 2.89 bits per heavy atom. The van der Waals surface area contributed by atoms with Crippen molar-refractivity contribution in [1.82, 2.24) is 4.90 Å². The Hall–Kier alpha value is -1.62. The molecule has 0 aromatic heterocycles. The summed E-state index contributed by atoms with van der Waals surface area (Å²) in [6.45, 7) is 3.97. The number of nitrogens with zero attached hydrogens (tertiary/aromatic N) is 2. The Bertz CT molecular complexity index is 403. The van der Waals surface area contributed by atoms with Gasteiger partial charge in [0.05, 0.1) is 4.92 Å². The van der Waals surface area contributed by atoms with Gasteiger partial charge in [-0.05, 0) is 38.1 Å². The molecule has 1 radical (unpaired) electrons. The van der Waals surface area contributed by atoms with Crippen molar-refractivity contribution in [2.24, 2.45) is 0 Å². The van der Waals surface area contributed by atoms with Gasteiger partial charge in [-0.25, -0.2) is 0 Å². The molecule has 0 atom stereocenters. The summed E-state index contributed by atoms with van der Waals surface area (Å²) in [6, 6.07) is 7.53. The molecule has 0 bridgehead atoms. The minimum absolute atomic E-state index is 0.0937. The van der Waals surface area contributed by atoms with Crippen molar-refractivity contribution in [2.45, 2.75) is 19.3 Å². The van der Waals surface area contributed by atoms with Gasteiger partial charge in [-0.3, -0.25) is 10.1 Å². The van der Waals surface area contributed by atoms with E-state index in [-0.39, 0.29) is 10.6 Å². The van der Waals surface area contributed by atoms with Crippen molar-refractivity contribution in [3.63, 3.8) is 0 Å². The molecule has 0 spiro atoms. The first-order valence-corrected chi connectivity index (χ1v) is 6.38. The number of hydrogen-bond acceptors (Lipinski definition) is 4. The van der Waals surface area contributed by atoms with E-state index < -0.39 is 0 Å². The number of likely N-dealkylation sites (tertiary alicyclic amines) is 1. The Morgan fingerprint density at radius 1 is 1.39 bits per heavy atom. The topological polar surface area (TPSA) is 58.4 Å². The van der Waals surface area contributed by atoms with E-state index in [1.807, 2.05) is 0 Å². The van der Waals surface area contributed by atoms with E-state index in [1.54, 1.807) is 12.1 Å². The lowest BCUT2D eigenvalue weighted by molar-refractivity contribution is -0.384. The summed E-state index contributed by atoms with van der Waals surface area (Å²) >= 11 is 0. The van der Waals surface area contributed by atoms with Crippen LogP contribution in [0.2, 0.25) is 0 Å². The van der Waals surface area contributed by atoms with Crippen LogP contribution in [0.15, 0.2) is 18.2 Å². The van der Waals surface area contributed by atoms with Crippen LogP contribution in [0.25, 0.3) is 0 Å². The third-order valence-corrected chi connectivity index (χ3v) is 3.23. The molecular weight excluding hydrogens is 230 g/mol. The van der Waals surface area contributed by atoms with Crippen molar-refractivity contribution < 1.29 is 4.92 Å². The normalized spacial score (nSPS) is 16.4. The fourth-order valence-corrected chi connectivity index (χ4v) is 2.25. The molecule has 1 fully saturated rings. The molecule has 0 unspecified atom stereocenters. The van der Waals surface area contributed by atoms with E-state index in [9.17, 15) is 10.1 Å². The fraction of sp³-hybridized carbons (Fsp3) is 0.538. The molecular formula is C13H18N3O2. The van der Waals surface area contributed by atoms with E-state index in [4.69, 9.17) is 0 Å². The lowest BCUT2D eigenvalue weighted by Crippen LogP contribution is -2.33. The van der Waals surface area contributed by atoms with Crippen LogP contribution in [0.5, 0.6) is 0 Å². The van der Waals surface area contributed by atoms with Gasteiger partial charge in [0.1, 0.15) is 5.69 Å². The zero-order chi connectivity index (χ0) is 12.8. The summed E-state index contributed by atoms with van der Waals surface area (Å²) in [6.07, 6.45) is 3.85. The maximum atomic E-state index is 10.8. The van der Waals surface area contributed by atoms with Crippen LogP contribution in [0.4, 0.5) is 11.4 Å². The number of benzene rings is 1. The highest BCUT2D eigenvalue weighted by atomic mass is 16.6. The standard InChI is InChI=1S/C13H18N3O2/c17-16(18)13-7-3-2-6-12(13)14-8-11-15-9-4-1-5-10-15/h2,6-7,14H,1,4-5,8-11H2. The van der Waals surface area contributed by atoms with Crippen LogP contribution in [-0.4, -0.2) is 36.0 Å². The molecule has 1 N–H and O–H groups in total. The van der Waals surface area contributed by atoms with Gasteiger partial charge in [0, 0.05) is 19.2 Å². The first-order chi connectivity index (χ1) is 8.77. The van der Waals surface area contributed by atoms with Gasteiger partial charge in [-0.1, -0.05) is 12.5 Å². The molecule has 5 nitrogen and oxygen atoms in total. The third-order valence-electron chi connectivity index (χ3n) is 3.23. The largest absolute Gasteiger partial charge is 0.378 e. The summed E-state index contributed by atoms with van der Waals surface area (Å²) in [4.78, 5) is 12.8. The summed E-state index contributed by atoms with van der Waals surface area (Å²) < 4.78 is 0. The second-order valence-corrected chi connectivity index (χ2v) is 4.53. The van der Waals surface area contributed by atoms with Crippen molar-refractivity contribution in [2.75, 3.05) is 31.5 Å². The minimum Gasteiger partial charge on any atom is -0.378 e. The van der Waals surface area contributed by atoms with Crippen molar-refractivity contribution in [1.29, 1.82) is 0 Å². The SMILES string of the molecule is O=[N+]([O-])c1c[c]ccc1NCCN1CCCCC1. The number of rotatable bonds is 5. The predicted molar refractivity (Wildman–Crippen MR) is 70.7 cm³/mol. The quantitative estimate of drug-likeness (QED) is 0.641. The molecule has 1 heterocycles. The number of nitro groups is 1. The Kier molecular flexibility index (Phi) is 4.52. The van der Waals surface area contributed by atoms with Crippen molar-refractivity contribution >= 4 is 11.4 Å². The number of nitrogens with one attached hydrogen (secondary N) is 1. The zero-order valence-corrected chi connectivity index (χ0v) is 10.4. The fourth-order valence-electron chi connectivity index (χ4n) is 2.25. The summed E-state index contributed by atoms with van der Waals surface area (Å²) in [5.74, 6) is 0.